The van der Waals surface area contributed by atoms with Gasteiger partial charge in [-0.15, -0.1) is 0 Å². The monoisotopic (exact) mass is 413 g/mol. The average Bonchev–Trinajstić information content (AvgIpc) is 3.27. The second-order valence-electron chi connectivity index (χ2n) is 8.81. The Kier molecular flexibility index (Phi) is 4.24. The standard InChI is InChI=1S/C22H25F2N5O/c1-3-20(30)28-8-4-15(12-28)17-11-25-19(10-16(17)18-5-7-27(2)26-18)29-9-6-21(14-29)13-22(21,23)24/h3,5,7,10-11,15H,1,4,6,8-9,12-14H2,2H3. The lowest BCUT2D eigenvalue weighted by molar-refractivity contribution is -0.125. The van der Waals surface area contributed by atoms with E-state index in [1.165, 1.54) is 6.08 Å². The van der Waals surface area contributed by atoms with Gasteiger partial charge >= 0.3 is 0 Å². The lowest BCUT2D eigenvalue weighted by Gasteiger charge is -2.21. The number of likely N-dealkylation sites (tertiary alicyclic amines) is 1. The first kappa shape index (κ1) is 19.2. The van der Waals surface area contributed by atoms with Gasteiger partial charge in [-0.25, -0.2) is 13.8 Å². The van der Waals surface area contributed by atoms with Gasteiger partial charge in [-0.1, -0.05) is 6.58 Å². The molecule has 6 nitrogen and oxygen atoms in total. The van der Waals surface area contributed by atoms with Crippen LogP contribution in [0, 0.1) is 5.41 Å². The van der Waals surface area contributed by atoms with Gasteiger partial charge in [0.25, 0.3) is 5.92 Å². The zero-order valence-electron chi connectivity index (χ0n) is 17.0. The molecule has 2 unspecified atom stereocenters. The number of nitrogens with zero attached hydrogens (tertiary/aromatic N) is 5. The predicted octanol–water partition coefficient (Wildman–Crippen LogP) is 3.22. The molecule has 3 aliphatic rings. The number of carbonyl (C=O) groups excluding carboxylic acids is 1. The number of anilines is 1. The van der Waals surface area contributed by atoms with Gasteiger partial charge in [0.15, 0.2) is 0 Å². The first-order valence-electron chi connectivity index (χ1n) is 10.4. The van der Waals surface area contributed by atoms with Gasteiger partial charge in [0.05, 0.1) is 11.1 Å². The molecule has 4 heterocycles. The normalized spacial score (nSPS) is 27.1. The van der Waals surface area contributed by atoms with E-state index in [1.807, 2.05) is 36.5 Å². The van der Waals surface area contributed by atoms with Crippen LogP contribution in [0.3, 0.4) is 0 Å². The first-order valence-corrected chi connectivity index (χ1v) is 10.4. The van der Waals surface area contributed by atoms with Crippen LogP contribution in [0.2, 0.25) is 0 Å². The highest BCUT2D eigenvalue weighted by Crippen LogP contribution is 2.65. The Labute approximate surface area is 174 Å². The topological polar surface area (TPSA) is 54.3 Å². The number of aryl methyl sites for hydroxylation is 1. The van der Waals surface area contributed by atoms with Crippen LogP contribution in [0.15, 0.2) is 37.2 Å². The summed E-state index contributed by atoms with van der Waals surface area (Å²) in [7, 11) is 1.87. The zero-order valence-corrected chi connectivity index (χ0v) is 17.0. The summed E-state index contributed by atoms with van der Waals surface area (Å²) in [5, 5.41) is 4.57. The van der Waals surface area contributed by atoms with Crippen molar-refractivity contribution in [1.82, 2.24) is 19.7 Å². The minimum atomic E-state index is -2.55. The summed E-state index contributed by atoms with van der Waals surface area (Å²) in [6.45, 7) is 5.82. The second-order valence-corrected chi connectivity index (χ2v) is 8.81. The number of hydrogen-bond acceptors (Lipinski definition) is 4. The van der Waals surface area contributed by atoms with Crippen molar-refractivity contribution in [2.45, 2.75) is 31.1 Å². The number of rotatable bonds is 4. The smallest absolute Gasteiger partial charge is 0.256 e. The van der Waals surface area contributed by atoms with E-state index in [1.54, 1.807) is 9.58 Å². The minimum absolute atomic E-state index is 0.0169. The lowest BCUT2D eigenvalue weighted by atomic mass is 9.93. The van der Waals surface area contributed by atoms with Crippen molar-refractivity contribution in [3.8, 4) is 11.3 Å². The Balaban J connectivity index is 1.46. The van der Waals surface area contributed by atoms with Crippen molar-refractivity contribution in [1.29, 1.82) is 0 Å². The van der Waals surface area contributed by atoms with E-state index in [0.717, 1.165) is 29.1 Å². The fraction of sp³-hybridized carbons (Fsp3) is 0.500. The first-order chi connectivity index (χ1) is 14.3. The molecule has 2 aromatic heterocycles. The van der Waals surface area contributed by atoms with Gasteiger partial charge < -0.3 is 9.80 Å². The summed E-state index contributed by atoms with van der Waals surface area (Å²) in [6.07, 6.45) is 6.42. The van der Waals surface area contributed by atoms with Crippen LogP contribution in [0.1, 0.15) is 30.7 Å². The molecule has 158 valence electrons. The van der Waals surface area contributed by atoms with Crippen LogP contribution in [0.25, 0.3) is 11.3 Å². The molecule has 8 heteroatoms. The lowest BCUT2D eigenvalue weighted by Crippen LogP contribution is -2.26. The maximum Gasteiger partial charge on any atom is 0.256 e. The Morgan fingerprint density at radius 3 is 2.80 bits per heavy atom. The molecule has 2 atom stereocenters. The molecule has 0 radical (unpaired) electrons. The Bertz CT molecular complexity index is 1020. The Hall–Kier alpha value is -2.77. The third-order valence-corrected chi connectivity index (χ3v) is 6.91. The minimum Gasteiger partial charge on any atom is -0.356 e. The molecule has 1 spiro atoms. The fourth-order valence-corrected chi connectivity index (χ4v) is 4.97. The third-order valence-electron chi connectivity index (χ3n) is 6.91. The van der Waals surface area contributed by atoms with Crippen LogP contribution in [-0.4, -0.2) is 57.7 Å². The summed E-state index contributed by atoms with van der Waals surface area (Å²) in [6, 6.07) is 3.93. The van der Waals surface area contributed by atoms with Crippen LogP contribution >= 0.6 is 0 Å². The van der Waals surface area contributed by atoms with Gasteiger partial charge in [-0.3, -0.25) is 9.48 Å². The average molecular weight is 413 g/mol. The molecule has 2 aliphatic heterocycles. The van der Waals surface area contributed by atoms with Crippen LogP contribution in [0.5, 0.6) is 0 Å². The zero-order chi connectivity index (χ0) is 21.1. The summed E-state index contributed by atoms with van der Waals surface area (Å²) < 4.78 is 29.4. The Morgan fingerprint density at radius 2 is 2.17 bits per heavy atom. The summed E-state index contributed by atoms with van der Waals surface area (Å²) in [4.78, 5) is 20.4. The van der Waals surface area contributed by atoms with Crippen LogP contribution in [-0.2, 0) is 11.8 Å². The van der Waals surface area contributed by atoms with Gasteiger partial charge in [-0.2, -0.15) is 5.10 Å². The highest BCUT2D eigenvalue weighted by atomic mass is 19.3. The number of carbonyl (C=O) groups is 1. The van der Waals surface area contributed by atoms with Gasteiger partial charge in [0.2, 0.25) is 5.91 Å². The van der Waals surface area contributed by atoms with E-state index >= 15 is 0 Å². The fourth-order valence-electron chi connectivity index (χ4n) is 4.97. The van der Waals surface area contributed by atoms with Crippen LogP contribution in [0.4, 0.5) is 14.6 Å². The molecule has 0 aromatic carbocycles. The second kappa shape index (κ2) is 6.62. The van der Waals surface area contributed by atoms with Crippen LogP contribution < -0.4 is 4.90 Å². The molecule has 1 aliphatic carbocycles. The maximum atomic E-state index is 13.8. The number of halogens is 2. The summed E-state index contributed by atoms with van der Waals surface area (Å²) >= 11 is 0. The van der Waals surface area contributed by atoms with Crippen molar-refractivity contribution in [3.63, 3.8) is 0 Å². The molecule has 0 N–H and O–H groups in total. The third kappa shape index (κ3) is 3.00. The van der Waals surface area contributed by atoms with E-state index in [4.69, 9.17) is 0 Å². The molecule has 2 saturated heterocycles. The molecule has 3 fully saturated rings. The molecular formula is C22H25F2N5O. The number of alkyl halides is 2. The van der Waals surface area contributed by atoms with E-state index in [9.17, 15) is 13.6 Å². The summed E-state index contributed by atoms with van der Waals surface area (Å²) in [5.74, 6) is -1.73. The number of pyridine rings is 1. The van der Waals surface area contributed by atoms with E-state index in [0.29, 0.717) is 32.6 Å². The number of amides is 1. The molecular weight excluding hydrogens is 388 g/mol. The van der Waals surface area contributed by atoms with Crippen molar-refractivity contribution in [2.24, 2.45) is 12.5 Å². The van der Waals surface area contributed by atoms with Gasteiger partial charge in [0.1, 0.15) is 5.82 Å². The van der Waals surface area contributed by atoms with Crippen molar-refractivity contribution < 1.29 is 13.6 Å². The molecule has 2 aromatic rings. The predicted molar refractivity (Wildman–Crippen MR) is 109 cm³/mol. The van der Waals surface area contributed by atoms with E-state index in [-0.39, 0.29) is 18.2 Å². The molecule has 1 amide bonds. The number of hydrogen-bond donors (Lipinski definition) is 0. The van der Waals surface area contributed by atoms with Gasteiger partial charge in [0, 0.05) is 63.5 Å². The van der Waals surface area contributed by atoms with Gasteiger partial charge in [-0.05, 0) is 36.6 Å². The quantitative estimate of drug-likeness (QED) is 0.723. The molecule has 30 heavy (non-hydrogen) atoms. The van der Waals surface area contributed by atoms with Crippen molar-refractivity contribution in [2.75, 3.05) is 31.1 Å². The highest BCUT2D eigenvalue weighted by Gasteiger charge is 2.72. The highest BCUT2D eigenvalue weighted by molar-refractivity contribution is 5.87. The maximum absolute atomic E-state index is 13.8. The SMILES string of the molecule is C=CC(=O)N1CCC(c2cnc(N3CCC4(C3)CC4(F)F)cc2-c2ccn(C)n2)C1. The summed E-state index contributed by atoms with van der Waals surface area (Å²) in [5.41, 5.74) is 1.97. The number of aromatic nitrogens is 3. The molecule has 0 bridgehead atoms. The van der Waals surface area contributed by atoms with E-state index in [2.05, 4.69) is 16.7 Å². The van der Waals surface area contributed by atoms with Crippen molar-refractivity contribution in [3.05, 3.63) is 42.7 Å². The molecule has 5 rings (SSSR count). The Morgan fingerprint density at radius 1 is 1.37 bits per heavy atom. The van der Waals surface area contributed by atoms with Crippen molar-refractivity contribution >= 4 is 11.7 Å². The van der Waals surface area contributed by atoms with E-state index < -0.39 is 11.3 Å². The molecule has 1 saturated carbocycles. The largest absolute Gasteiger partial charge is 0.356 e.